The van der Waals surface area contributed by atoms with E-state index in [1.807, 2.05) is 35.4 Å². The van der Waals surface area contributed by atoms with E-state index in [1.165, 1.54) is 4.90 Å². The largest absolute Gasteiger partial charge is 0.497 e. The van der Waals surface area contributed by atoms with Gasteiger partial charge in [-0.25, -0.2) is 4.79 Å². The number of cyclic esters (lactones) is 1. The summed E-state index contributed by atoms with van der Waals surface area (Å²) in [6, 6.07) is 7.94. The quantitative estimate of drug-likeness (QED) is 0.854. The number of aromatic amines is 1. The van der Waals surface area contributed by atoms with Crippen molar-refractivity contribution in [1.82, 2.24) is 20.0 Å². The molecule has 148 valence electrons. The van der Waals surface area contributed by atoms with Crippen LogP contribution in [0, 0.1) is 0 Å². The minimum Gasteiger partial charge on any atom is -0.497 e. The second-order valence-corrected chi connectivity index (χ2v) is 7.12. The van der Waals surface area contributed by atoms with Gasteiger partial charge in [0.25, 0.3) is 0 Å². The van der Waals surface area contributed by atoms with E-state index < -0.39 is 6.09 Å². The SMILES string of the molecule is COc1cccc(-c2cn[nH]c2C2CCN(C(=O)CN3CCOC3=O)CC2)c1. The molecule has 4 rings (SSSR count). The number of amides is 2. The maximum atomic E-state index is 12.5. The number of hydrogen-bond donors (Lipinski definition) is 1. The summed E-state index contributed by atoms with van der Waals surface area (Å²) in [6.45, 7) is 2.29. The van der Waals surface area contributed by atoms with Crippen molar-refractivity contribution in [2.45, 2.75) is 18.8 Å². The van der Waals surface area contributed by atoms with Crippen molar-refractivity contribution in [3.63, 3.8) is 0 Å². The number of ether oxygens (including phenoxy) is 2. The Balaban J connectivity index is 1.40. The smallest absolute Gasteiger partial charge is 0.410 e. The van der Waals surface area contributed by atoms with E-state index in [2.05, 4.69) is 10.2 Å². The molecule has 0 radical (unpaired) electrons. The Kier molecular flexibility index (Phi) is 5.18. The average Bonchev–Trinajstić information content (AvgIpc) is 3.37. The van der Waals surface area contributed by atoms with Crippen LogP contribution in [0.5, 0.6) is 5.75 Å². The number of carbonyl (C=O) groups excluding carboxylic acids is 2. The highest BCUT2D eigenvalue weighted by Crippen LogP contribution is 2.34. The number of benzene rings is 1. The first-order valence-electron chi connectivity index (χ1n) is 9.53. The molecule has 1 N–H and O–H groups in total. The molecule has 3 heterocycles. The molecule has 0 saturated carbocycles. The van der Waals surface area contributed by atoms with Gasteiger partial charge in [0.2, 0.25) is 5.91 Å². The van der Waals surface area contributed by atoms with Crippen molar-refractivity contribution in [2.75, 3.05) is 39.9 Å². The van der Waals surface area contributed by atoms with Crippen LogP contribution in [-0.2, 0) is 9.53 Å². The van der Waals surface area contributed by atoms with Crippen molar-refractivity contribution in [1.29, 1.82) is 0 Å². The van der Waals surface area contributed by atoms with Gasteiger partial charge in [0.15, 0.2) is 0 Å². The van der Waals surface area contributed by atoms with Gasteiger partial charge in [0, 0.05) is 30.3 Å². The monoisotopic (exact) mass is 384 g/mol. The predicted octanol–water partition coefficient (Wildman–Crippen LogP) is 2.24. The first-order valence-corrected chi connectivity index (χ1v) is 9.53. The molecule has 2 saturated heterocycles. The van der Waals surface area contributed by atoms with E-state index in [0.29, 0.717) is 32.2 Å². The molecule has 0 spiro atoms. The van der Waals surface area contributed by atoms with Crippen LogP contribution in [0.1, 0.15) is 24.5 Å². The second kappa shape index (κ2) is 7.92. The molecular weight excluding hydrogens is 360 g/mol. The topological polar surface area (TPSA) is 87.8 Å². The molecular formula is C20H24N4O4. The lowest BCUT2D eigenvalue weighted by molar-refractivity contribution is -0.132. The van der Waals surface area contributed by atoms with E-state index in [4.69, 9.17) is 9.47 Å². The molecule has 2 aliphatic heterocycles. The number of hydrogen-bond acceptors (Lipinski definition) is 5. The van der Waals surface area contributed by atoms with Gasteiger partial charge in [-0.15, -0.1) is 0 Å². The Hall–Kier alpha value is -3.03. The Morgan fingerprint density at radius 3 is 2.86 bits per heavy atom. The number of piperidine rings is 1. The lowest BCUT2D eigenvalue weighted by Gasteiger charge is -2.32. The zero-order valence-corrected chi connectivity index (χ0v) is 15.9. The molecule has 2 aliphatic rings. The molecule has 2 amide bonds. The molecule has 0 bridgehead atoms. The second-order valence-electron chi connectivity index (χ2n) is 7.12. The van der Waals surface area contributed by atoms with Gasteiger partial charge in [0.1, 0.15) is 18.9 Å². The highest BCUT2D eigenvalue weighted by atomic mass is 16.6. The molecule has 0 atom stereocenters. The van der Waals surface area contributed by atoms with Crippen molar-refractivity contribution < 1.29 is 19.1 Å². The lowest BCUT2D eigenvalue weighted by Crippen LogP contribution is -2.44. The van der Waals surface area contributed by atoms with Crippen molar-refractivity contribution >= 4 is 12.0 Å². The van der Waals surface area contributed by atoms with Crippen LogP contribution in [0.3, 0.4) is 0 Å². The summed E-state index contributed by atoms with van der Waals surface area (Å²) in [4.78, 5) is 27.3. The first-order chi connectivity index (χ1) is 13.7. The summed E-state index contributed by atoms with van der Waals surface area (Å²) in [5.74, 6) is 1.10. The van der Waals surface area contributed by atoms with Crippen molar-refractivity contribution in [3.8, 4) is 16.9 Å². The third-order valence-corrected chi connectivity index (χ3v) is 5.48. The molecule has 8 heteroatoms. The van der Waals surface area contributed by atoms with Crippen LogP contribution in [0.4, 0.5) is 4.79 Å². The van der Waals surface area contributed by atoms with Gasteiger partial charge >= 0.3 is 6.09 Å². The molecule has 8 nitrogen and oxygen atoms in total. The summed E-state index contributed by atoms with van der Waals surface area (Å²) in [5.41, 5.74) is 3.24. The third-order valence-electron chi connectivity index (χ3n) is 5.48. The minimum absolute atomic E-state index is 0.0186. The molecule has 2 aromatic rings. The standard InChI is InChI=1S/C20H24N4O4/c1-27-16-4-2-3-15(11-16)17-12-21-22-19(17)14-5-7-23(8-6-14)18(25)13-24-9-10-28-20(24)26/h2-4,11-12,14H,5-10,13H2,1H3,(H,21,22). The number of H-pyrrole nitrogens is 1. The predicted molar refractivity (Wildman–Crippen MR) is 102 cm³/mol. The normalized spacial score (nSPS) is 17.7. The average molecular weight is 384 g/mol. The molecule has 28 heavy (non-hydrogen) atoms. The number of nitrogens with one attached hydrogen (secondary N) is 1. The summed E-state index contributed by atoms with van der Waals surface area (Å²) in [7, 11) is 1.66. The Morgan fingerprint density at radius 2 is 2.14 bits per heavy atom. The van der Waals surface area contributed by atoms with Gasteiger partial charge < -0.3 is 14.4 Å². The minimum atomic E-state index is -0.399. The van der Waals surface area contributed by atoms with E-state index in [-0.39, 0.29) is 12.5 Å². The summed E-state index contributed by atoms with van der Waals surface area (Å²) < 4.78 is 10.2. The summed E-state index contributed by atoms with van der Waals surface area (Å²) >= 11 is 0. The highest BCUT2D eigenvalue weighted by Gasteiger charge is 2.30. The Bertz CT molecular complexity index is 857. The molecule has 0 unspecified atom stereocenters. The number of carbonyl (C=O) groups is 2. The summed E-state index contributed by atoms with van der Waals surface area (Å²) in [6.07, 6.45) is 3.16. The molecule has 1 aromatic carbocycles. The first kappa shape index (κ1) is 18.3. The van der Waals surface area contributed by atoms with E-state index in [0.717, 1.165) is 35.4 Å². The number of rotatable bonds is 5. The van der Waals surface area contributed by atoms with Crippen LogP contribution < -0.4 is 4.74 Å². The van der Waals surface area contributed by atoms with Crippen LogP contribution in [-0.4, -0.2) is 71.9 Å². The van der Waals surface area contributed by atoms with Crippen molar-refractivity contribution in [2.24, 2.45) is 0 Å². The maximum Gasteiger partial charge on any atom is 0.410 e. The number of methoxy groups -OCH3 is 1. The maximum absolute atomic E-state index is 12.5. The number of likely N-dealkylation sites (tertiary alicyclic amines) is 1. The van der Waals surface area contributed by atoms with E-state index in [1.54, 1.807) is 7.11 Å². The lowest BCUT2D eigenvalue weighted by atomic mass is 9.89. The van der Waals surface area contributed by atoms with Gasteiger partial charge in [-0.05, 0) is 30.5 Å². The van der Waals surface area contributed by atoms with Crippen LogP contribution in [0.15, 0.2) is 30.5 Å². The fourth-order valence-electron chi connectivity index (χ4n) is 3.88. The van der Waals surface area contributed by atoms with Crippen LogP contribution >= 0.6 is 0 Å². The van der Waals surface area contributed by atoms with Crippen LogP contribution in [0.2, 0.25) is 0 Å². The Labute approximate surface area is 163 Å². The Morgan fingerprint density at radius 1 is 1.32 bits per heavy atom. The fourth-order valence-corrected chi connectivity index (χ4v) is 3.88. The van der Waals surface area contributed by atoms with E-state index in [9.17, 15) is 9.59 Å². The molecule has 0 aliphatic carbocycles. The zero-order chi connectivity index (χ0) is 19.5. The van der Waals surface area contributed by atoms with E-state index >= 15 is 0 Å². The zero-order valence-electron chi connectivity index (χ0n) is 15.9. The van der Waals surface area contributed by atoms with Crippen LogP contribution in [0.25, 0.3) is 11.1 Å². The highest BCUT2D eigenvalue weighted by molar-refractivity contribution is 5.83. The summed E-state index contributed by atoms with van der Waals surface area (Å²) in [5, 5.41) is 7.41. The van der Waals surface area contributed by atoms with Gasteiger partial charge in [-0.2, -0.15) is 5.10 Å². The fraction of sp³-hybridized carbons (Fsp3) is 0.450. The van der Waals surface area contributed by atoms with Gasteiger partial charge in [-0.1, -0.05) is 12.1 Å². The van der Waals surface area contributed by atoms with Crippen molar-refractivity contribution in [3.05, 3.63) is 36.2 Å². The third kappa shape index (κ3) is 3.67. The van der Waals surface area contributed by atoms with Gasteiger partial charge in [-0.3, -0.25) is 14.8 Å². The number of aromatic nitrogens is 2. The number of nitrogens with zero attached hydrogens (tertiary/aromatic N) is 3. The van der Waals surface area contributed by atoms with Gasteiger partial charge in [0.05, 0.1) is 19.9 Å². The molecule has 1 aromatic heterocycles. The molecule has 2 fully saturated rings.